The Morgan fingerprint density at radius 1 is 1.35 bits per heavy atom. The van der Waals surface area contributed by atoms with Crippen molar-refractivity contribution in [2.45, 2.75) is 20.4 Å². The van der Waals surface area contributed by atoms with Gasteiger partial charge < -0.3 is 10.5 Å². The Labute approximate surface area is 101 Å². The number of aromatic nitrogens is 2. The van der Waals surface area contributed by atoms with E-state index in [1.54, 1.807) is 4.68 Å². The first-order chi connectivity index (χ1) is 8.11. The predicted molar refractivity (Wildman–Crippen MR) is 67.1 cm³/mol. The van der Waals surface area contributed by atoms with Gasteiger partial charge in [-0.15, -0.1) is 0 Å². The summed E-state index contributed by atoms with van der Waals surface area (Å²) in [6, 6.07) is 7.92. The summed E-state index contributed by atoms with van der Waals surface area (Å²) in [5.41, 5.74) is 8.74. The van der Waals surface area contributed by atoms with Crippen molar-refractivity contribution in [3.05, 3.63) is 41.1 Å². The van der Waals surface area contributed by atoms with Crippen LogP contribution >= 0.6 is 0 Å². The number of aryl methyl sites for hydroxylation is 3. The topological polar surface area (TPSA) is 53.1 Å². The van der Waals surface area contributed by atoms with E-state index in [0.717, 1.165) is 28.5 Å². The van der Waals surface area contributed by atoms with Crippen LogP contribution in [-0.4, -0.2) is 9.78 Å². The molecule has 1 aromatic heterocycles. The smallest absolute Gasteiger partial charge is 0.222 e. The van der Waals surface area contributed by atoms with Crippen molar-refractivity contribution in [3.63, 3.8) is 0 Å². The molecule has 2 N–H and O–H groups in total. The molecular weight excluding hydrogens is 214 g/mol. The van der Waals surface area contributed by atoms with Gasteiger partial charge in [-0.3, -0.25) is 0 Å². The van der Waals surface area contributed by atoms with Crippen LogP contribution in [0.3, 0.4) is 0 Å². The van der Waals surface area contributed by atoms with Gasteiger partial charge in [-0.05, 0) is 31.5 Å². The number of rotatable bonds is 3. The summed E-state index contributed by atoms with van der Waals surface area (Å²) in [6.45, 7) is 4.40. The van der Waals surface area contributed by atoms with Crippen LogP contribution in [0.4, 0.5) is 0 Å². The van der Waals surface area contributed by atoms with Crippen molar-refractivity contribution in [3.8, 4) is 11.6 Å². The van der Waals surface area contributed by atoms with Crippen LogP contribution < -0.4 is 10.5 Å². The van der Waals surface area contributed by atoms with Crippen LogP contribution in [0.2, 0.25) is 0 Å². The Morgan fingerprint density at radius 3 is 2.76 bits per heavy atom. The van der Waals surface area contributed by atoms with Gasteiger partial charge in [-0.25, -0.2) is 4.68 Å². The highest BCUT2D eigenvalue weighted by molar-refractivity contribution is 5.36. The van der Waals surface area contributed by atoms with Crippen LogP contribution in [-0.2, 0) is 13.6 Å². The third-order valence-electron chi connectivity index (χ3n) is 2.70. The summed E-state index contributed by atoms with van der Waals surface area (Å²) in [7, 11) is 1.86. The van der Waals surface area contributed by atoms with Crippen LogP contribution in [0.5, 0.6) is 11.6 Å². The molecule has 0 aliphatic carbocycles. The maximum absolute atomic E-state index is 5.85. The zero-order valence-corrected chi connectivity index (χ0v) is 10.4. The van der Waals surface area contributed by atoms with Gasteiger partial charge in [0.1, 0.15) is 5.75 Å². The molecular formula is C13H17N3O. The first kappa shape index (κ1) is 11.7. The van der Waals surface area contributed by atoms with E-state index in [9.17, 15) is 0 Å². The molecule has 0 saturated heterocycles. The molecule has 4 nitrogen and oxygen atoms in total. The van der Waals surface area contributed by atoms with Crippen LogP contribution in [0.1, 0.15) is 16.8 Å². The fourth-order valence-electron chi connectivity index (χ4n) is 1.83. The molecule has 17 heavy (non-hydrogen) atoms. The molecule has 0 atom stereocenters. The summed E-state index contributed by atoms with van der Waals surface area (Å²) in [5, 5.41) is 4.31. The SMILES string of the molecule is Cc1cccc(Oc2c(CN)c(C)nn2C)c1. The molecule has 4 heteroatoms. The monoisotopic (exact) mass is 231 g/mol. The van der Waals surface area contributed by atoms with Crippen molar-refractivity contribution < 1.29 is 4.74 Å². The molecule has 1 aromatic carbocycles. The number of nitrogens with zero attached hydrogens (tertiary/aromatic N) is 2. The largest absolute Gasteiger partial charge is 0.439 e. The van der Waals surface area contributed by atoms with E-state index in [4.69, 9.17) is 10.5 Å². The lowest BCUT2D eigenvalue weighted by molar-refractivity contribution is 0.425. The van der Waals surface area contributed by atoms with Gasteiger partial charge in [0.2, 0.25) is 5.88 Å². The zero-order valence-electron chi connectivity index (χ0n) is 10.4. The van der Waals surface area contributed by atoms with Crippen molar-refractivity contribution in [2.24, 2.45) is 12.8 Å². The van der Waals surface area contributed by atoms with E-state index in [1.165, 1.54) is 0 Å². The first-order valence-corrected chi connectivity index (χ1v) is 5.59. The lowest BCUT2D eigenvalue weighted by Crippen LogP contribution is -2.01. The second-order valence-electron chi connectivity index (χ2n) is 4.12. The third kappa shape index (κ3) is 2.31. The fraction of sp³-hybridized carbons (Fsp3) is 0.308. The van der Waals surface area contributed by atoms with Gasteiger partial charge in [0, 0.05) is 13.6 Å². The van der Waals surface area contributed by atoms with Crippen molar-refractivity contribution in [1.82, 2.24) is 9.78 Å². The molecule has 0 bridgehead atoms. The Morgan fingerprint density at radius 2 is 2.12 bits per heavy atom. The molecule has 0 radical (unpaired) electrons. The number of hydrogen-bond donors (Lipinski definition) is 1. The second-order valence-corrected chi connectivity index (χ2v) is 4.12. The molecule has 0 amide bonds. The lowest BCUT2D eigenvalue weighted by Gasteiger charge is -2.08. The van der Waals surface area contributed by atoms with Gasteiger partial charge >= 0.3 is 0 Å². The predicted octanol–water partition coefficient (Wildman–Crippen LogP) is 2.29. The number of nitrogens with two attached hydrogens (primary N) is 1. The molecule has 0 aliphatic rings. The van der Waals surface area contributed by atoms with Gasteiger partial charge in [-0.1, -0.05) is 12.1 Å². The highest BCUT2D eigenvalue weighted by atomic mass is 16.5. The Kier molecular flexibility index (Phi) is 3.15. The number of benzene rings is 1. The van der Waals surface area contributed by atoms with Gasteiger partial charge in [0.05, 0.1) is 11.3 Å². The quantitative estimate of drug-likeness (QED) is 0.881. The van der Waals surface area contributed by atoms with Crippen LogP contribution in [0.15, 0.2) is 24.3 Å². The van der Waals surface area contributed by atoms with Crippen molar-refractivity contribution >= 4 is 0 Å². The Hall–Kier alpha value is -1.81. The highest BCUT2D eigenvalue weighted by Crippen LogP contribution is 2.27. The molecule has 0 aliphatic heterocycles. The second kappa shape index (κ2) is 4.59. The average molecular weight is 231 g/mol. The minimum absolute atomic E-state index is 0.431. The first-order valence-electron chi connectivity index (χ1n) is 5.59. The van der Waals surface area contributed by atoms with Crippen LogP contribution in [0, 0.1) is 13.8 Å². The minimum Gasteiger partial charge on any atom is -0.439 e. The minimum atomic E-state index is 0.431. The van der Waals surface area contributed by atoms with Gasteiger partial charge in [-0.2, -0.15) is 5.10 Å². The molecule has 90 valence electrons. The maximum Gasteiger partial charge on any atom is 0.222 e. The average Bonchev–Trinajstić information content (AvgIpc) is 2.53. The van der Waals surface area contributed by atoms with E-state index in [-0.39, 0.29) is 0 Å². The number of hydrogen-bond acceptors (Lipinski definition) is 3. The highest BCUT2D eigenvalue weighted by Gasteiger charge is 2.13. The van der Waals surface area contributed by atoms with E-state index in [2.05, 4.69) is 5.10 Å². The third-order valence-corrected chi connectivity index (χ3v) is 2.70. The number of ether oxygens (including phenoxy) is 1. The Balaban J connectivity index is 2.36. The lowest BCUT2D eigenvalue weighted by atomic mass is 10.2. The molecule has 0 spiro atoms. The molecule has 0 saturated carbocycles. The summed E-state index contributed by atoms with van der Waals surface area (Å²) in [4.78, 5) is 0. The summed E-state index contributed by atoms with van der Waals surface area (Å²) in [6.07, 6.45) is 0. The van der Waals surface area contributed by atoms with E-state index in [1.807, 2.05) is 45.2 Å². The maximum atomic E-state index is 5.85. The molecule has 2 rings (SSSR count). The Bertz CT molecular complexity index is 531. The standard InChI is InChI=1S/C13H17N3O/c1-9-5-4-6-11(7-9)17-13-12(8-14)10(2)15-16(13)3/h4-7H,8,14H2,1-3H3. The molecule has 0 unspecified atom stereocenters. The summed E-state index contributed by atoms with van der Waals surface area (Å²) >= 11 is 0. The summed E-state index contributed by atoms with van der Waals surface area (Å²) in [5.74, 6) is 1.53. The van der Waals surface area contributed by atoms with E-state index >= 15 is 0 Å². The van der Waals surface area contributed by atoms with Gasteiger partial charge in [0.25, 0.3) is 0 Å². The zero-order chi connectivity index (χ0) is 12.4. The van der Waals surface area contributed by atoms with Crippen LogP contribution in [0.25, 0.3) is 0 Å². The van der Waals surface area contributed by atoms with Gasteiger partial charge in [0.15, 0.2) is 0 Å². The fourth-order valence-corrected chi connectivity index (χ4v) is 1.83. The molecule has 1 heterocycles. The molecule has 2 aromatic rings. The normalized spacial score (nSPS) is 10.6. The van der Waals surface area contributed by atoms with Crippen molar-refractivity contribution in [2.75, 3.05) is 0 Å². The summed E-state index contributed by atoms with van der Waals surface area (Å²) < 4.78 is 7.58. The van der Waals surface area contributed by atoms with E-state index < -0.39 is 0 Å². The van der Waals surface area contributed by atoms with E-state index in [0.29, 0.717) is 6.54 Å². The molecule has 0 fully saturated rings. The van der Waals surface area contributed by atoms with Crippen molar-refractivity contribution in [1.29, 1.82) is 0 Å².